The average Bonchev–Trinajstić information content (AvgIpc) is 3.01. The molecule has 0 fully saturated rings. The summed E-state index contributed by atoms with van der Waals surface area (Å²) >= 11 is 1.69. The molecule has 3 rings (SSSR count). The third-order valence-corrected chi connectivity index (χ3v) is 6.38. The zero-order chi connectivity index (χ0) is 19.1. The van der Waals surface area contributed by atoms with Crippen molar-refractivity contribution in [3.63, 3.8) is 0 Å². The molecule has 5 heteroatoms. The smallest absolute Gasteiger partial charge is 0.336 e. The topological polar surface area (TPSA) is 55.4 Å². The Morgan fingerprint density at radius 3 is 2.65 bits per heavy atom. The molecule has 1 N–H and O–H groups in total. The second kappa shape index (κ2) is 7.03. The Morgan fingerprint density at radius 1 is 1.31 bits per heavy atom. The normalized spacial score (nSPS) is 24.7. The Balaban J connectivity index is 2.16. The van der Waals surface area contributed by atoms with Gasteiger partial charge in [-0.25, -0.2) is 4.79 Å². The van der Waals surface area contributed by atoms with Crippen molar-refractivity contribution in [1.29, 1.82) is 0 Å². The van der Waals surface area contributed by atoms with Gasteiger partial charge in [-0.3, -0.25) is 4.79 Å². The molecule has 0 radical (unpaired) electrons. The van der Waals surface area contributed by atoms with Crippen molar-refractivity contribution >= 4 is 23.1 Å². The first-order chi connectivity index (χ1) is 12.3. The summed E-state index contributed by atoms with van der Waals surface area (Å²) in [5, 5.41) is 3.34. The lowest BCUT2D eigenvalue weighted by Gasteiger charge is -2.40. The fourth-order valence-electron chi connectivity index (χ4n) is 4.00. The van der Waals surface area contributed by atoms with Gasteiger partial charge in [0.15, 0.2) is 0 Å². The highest BCUT2D eigenvalue weighted by molar-refractivity contribution is 7.12. The number of hydrogen-bond donors (Lipinski definition) is 1. The van der Waals surface area contributed by atoms with Crippen molar-refractivity contribution < 1.29 is 14.3 Å². The van der Waals surface area contributed by atoms with Crippen LogP contribution in [-0.2, 0) is 20.7 Å². The number of aryl methyl sites for hydroxylation is 1. The van der Waals surface area contributed by atoms with Gasteiger partial charge in [0.1, 0.15) is 5.78 Å². The Kier molecular flexibility index (Phi) is 5.11. The van der Waals surface area contributed by atoms with E-state index in [1.807, 2.05) is 6.92 Å². The lowest BCUT2D eigenvalue weighted by Crippen LogP contribution is -2.43. The first-order valence-electron chi connectivity index (χ1n) is 9.26. The van der Waals surface area contributed by atoms with Gasteiger partial charge in [0.2, 0.25) is 0 Å². The van der Waals surface area contributed by atoms with Crippen LogP contribution in [0.1, 0.15) is 56.7 Å². The molecular formula is C21H27NO3S. The summed E-state index contributed by atoms with van der Waals surface area (Å²) in [4.78, 5) is 28.1. The van der Waals surface area contributed by atoms with Crippen LogP contribution in [0.15, 0.2) is 35.2 Å². The van der Waals surface area contributed by atoms with Gasteiger partial charge in [0.25, 0.3) is 0 Å². The van der Waals surface area contributed by atoms with Crippen molar-refractivity contribution in [2.75, 3.05) is 6.61 Å². The number of nitrogens with one attached hydrogen (secondary N) is 1. The fraction of sp³-hybridized carbons (Fsp3) is 0.524. The Labute approximate surface area is 159 Å². The van der Waals surface area contributed by atoms with Crippen molar-refractivity contribution in [1.82, 2.24) is 5.32 Å². The van der Waals surface area contributed by atoms with E-state index < -0.39 is 0 Å². The highest BCUT2D eigenvalue weighted by atomic mass is 32.1. The van der Waals surface area contributed by atoms with Gasteiger partial charge in [-0.1, -0.05) is 26.8 Å². The van der Waals surface area contributed by atoms with E-state index in [2.05, 4.69) is 44.3 Å². The molecule has 140 valence electrons. The van der Waals surface area contributed by atoms with Crippen LogP contribution in [0.4, 0.5) is 0 Å². The largest absolute Gasteiger partial charge is 0.463 e. The highest BCUT2D eigenvalue weighted by Gasteiger charge is 2.46. The number of hydrogen-bond acceptors (Lipinski definition) is 5. The molecule has 2 atom stereocenters. The zero-order valence-corrected chi connectivity index (χ0v) is 17.0. The molecule has 0 bridgehead atoms. The molecule has 0 amide bonds. The number of allylic oxidation sites excluding steroid dienone is 3. The number of fused-ring (bicyclic) bond motifs is 1. The third-order valence-electron chi connectivity index (χ3n) is 5.07. The fourth-order valence-corrected chi connectivity index (χ4v) is 5.10. The molecule has 1 aromatic rings. The monoisotopic (exact) mass is 373 g/mol. The van der Waals surface area contributed by atoms with Crippen LogP contribution in [0, 0.1) is 11.3 Å². The molecule has 1 aromatic heterocycles. The summed E-state index contributed by atoms with van der Waals surface area (Å²) in [6.07, 6.45) is 3.59. The molecule has 2 heterocycles. The minimum absolute atomic E-state index is 0.174. The van der Waals surface area contributed by atoms with Crippen molar-refractivity contribution in [2.45, 2.75) is 53.4 Å². The number of carbonyl (C=O) groups is 2. The predicted molar refractivity (Wildman–Crippen MR) is 104 cm³/mol. The Hall–Kier alpha value is -1.88. The Bertz CT molecular complexity index is 800. The number of thiophene rings is 1. The van der Waals surface area contributed by atoms with Crippen LogP contribution >= 0.6 is 11.3 Å². The van der Waals surface area contributed by atoms with E-state index in [0.717, 1.165) is 22.7 Å². The van der Waals surface area contributed by atoms with Crippen LogP contribution < -0.4 is 5.32 Å². The van der Waals surface area contributed by atoms with Crippen LogP contribution in [0.25, 0.3) is 0 Å². The molecular weight excluding hydrogens is 346 g/mol. The number of ketones is 1. The maximum Gasteiger partial charge on any atom is 0.336 e. The molecule has 1 aliphatic carbocycles. The van der Waals surface area contributed by atoms with Gasteiger partial charge in [-0.2, -0.15) is 0 Å². The van der Waals surface area contributed by atoms with Crippen molar-refractivity contribution in [2.24, 2.45) is 11.3 Å². The highest BCUT2D eigenvalue weighted by Crippen LogP contribution is 2.48. The minimum Gasteiger partial charge on any atom is -0.463 e. The molecule has 1 aliphatic heterocycles. The molecule has 2 aliphatic rings. The number of Topliss-reactive ketones (excluding diaryl/α,β-unsaturated/α-hetero) is 1. The summed E-state index contributed by atoms with van der Waals surface area (Å²) in [6.45, 7) is 10.3. The van der Waals surface area contributed by atoms with E-state index in [9.17, 15) is 9.59 Å². The summed E-state index contributed by atoms with van der Waals surface area (Å²) in [5.41, 5.74) is 2.12. The van der Waals surface area contributed by atoms with E-state index >= 15 is 0 Å². The van der Waals surface area contributed by atoms with Gasteiger partial charge in [-0.05, 0) is 37.8 Å². The van der Waals surface area contributed by atoms with E-state index in [0.29, 0.717) is 18.6 Å². The van der Waals surface area contributed by atoms with Crippen LogP contribution in [0.2, 0.25) is 0 Å². The van der Waals surface area contributed by atoms with Crippen LogP contribution in [0.3, 0.4) is 0 Å². The van der Waals surface area contributed by atoms with Gasteiger partial charge >= 0.3 is 5.97 Å². The lowest BCUT2D eigenvalue weighted by molar-refractivity contribution is -0.139. The number of rotatable bonds is 4. The second-order valence-corrected chi connectivity index (χ2v) is 8.93. The van der Waals surface area contributed by atoms with E-state index in [1.165, 1.54) is 4.88 Å². The summed E-state index contributed by atoms with van der Waals surface area (Å²) < 4.78 is 5.33. The predicted octanol–water partition coefficient (Wildman–Crippen LogP) is 4.33. The van der Waals surface area contributed by atoms with Gasteiger partial charge in [0.05, 0.1) is 18.1 Å². The second-order valence-electron chi connectivity index (χ2n) is 7.73. The van der Waals surface area contributed by atoms with Gasteiger partial charge < -0.3 is 10.1 Å². The summed E-state index contributed by atoms with van der Waals surface area (Å²) in [7, 11) is 0. The Morgan fingerprint density at radius 2 is 2.04 bits per heavy atom. The maximum absolute atomic E-state index is 13.1. The van der Waals surface area contributed by atoms with E-state index in [1.54, 1.807) is 18.3 Å². The maximum atomic E-state index is 13.1. The molecule has 0 saturated carbocycles. The van der Waals surface area contributed by atoms with Gasteiger partial charge in [0, 0.05) is 33.5 Å². The lowest BCUT2D eigenvalue weighted by atomic mass is 9.68. The number of carbonyl (C=O) groups excluding carboxylic acids is 2. The molecule has 4 nitrogen and oxygen atoms in total. The molecule has 2 unspecified atom stereocenters. The summed E-state index contributed by atoms with van der Waals surface area (Å²) in [6, 6.07) is 4.16. The van der Waals surface area contributed by atoms with E-state index in [4.69, 9.17) is 4.74 Å². The first-order valence-corrected chi connectivity index (χ1v) is 10.1. The quantitative estimate of drug-likeness (QED) is 0.798. The van der Waals surface area contributed by atoms with Gasteiger partial charge in [-0.15, -0.1) is 11.3 Å². The standard InChI is InChI=1S/C21H27NO3S/c1-6-13-8-9-16(26-13)19-17(20(24)25-7-2)12(3)22-14-10-21(4,5)11-15(23)18(14)19/h8-10,18-19,22H,6-7,11H2,1-5H3. The van der Waals surface area contributed by atoms with Crippen LogP contribution in [-0.4, -0.2) is 18.4 Å². The SMILES string of the molecule is CCOC(=O)C1=C(C)NC2=CC(C)(C)CC(=O)C2C1c1ccc(CC)s1. The minimum atomic E-state index is -0.338. The molecule has 0 saturated heterocycles. The summed E-state index contributed by atoms with van der Waals surface area (Å²) in [5.74, 6) is -0.749. The van der Waals surface area contributed by atoms with Crippen LogP contribution in [0.5, 0.6) is 0 Å². The number of ether oxygens (including phenoxy) is 1. The zero-order valence-electron chi connectivity index (χ0n) is 16.1. The average molecular weight is 374 g/mol. The molecule has 0 aromatic carbocycles. The number of esters is 1. The molecule has 0 spiro atoms. The van der Waals surface area contributed by atoms with Crippen molar-refractivity contribution in [3.05, 3.63) is 44.9 Å². The molecule has 26 heavy (non-hydrogen) atoms. The third kappa shape index (κ3) is 3.37. The van der Waals surface area contributed by atoms with E-state index in [-0.39, 0.29) is 29.0 Å². The van der Waals surface area contributed by atoms with Crippen molar-refractivity contribution in [3.8, 4) is 0 Å². The first kappa shape index (κ1) is 18.9.